The second-order valence-electron chi connectivity index (χ2n) is 6.61. The summed E-state index contributed by atoms with van der Waals surface area (Å²) in [5.41, 5.74) is 0.0623. The maximum atomic E-state index is 12.8. The molecule has 4 rings (SSSR count). The maximum Gasteiger partial charge on any atom is 0.333 e. The van der Waals surface area contributed by atoms with Gasteiger partial charge in [-0.3, -0.25) is 9.36 Å². The Labute approximate surface area is 144 Å². The minimum atomic E-state index is -0.434. The van der Waals surface area contributed by atoms with Gasteiger partial charge in [0.25, 0.3) is 5.56 Å². The molecule has 0 radical (unpaired) electrons. The van der Waals surface area contributed by atoms with E-state index in [-0.39, 0.29) is 18.2 Å². The van der Waals surface area contributed by atoms with E-state index >= 15 is 0 Å². The smallest absolute Gasteiger partial charge is 0.333 e. The van der Waals surface area contributed by atoms with E-state index in [9.17, 15) is 9.59 Å². The number of hydrogen-bond donors (Lipinski definition) is 0. The quantitative estimate of drug-likeness (QED) is 0.729. The predicted molar refractivity (Wildman–Crippen MR) is 93.9 cm³/mol. The Hall–Kier alpha value is -2.53. The number of nitrogens with zero attached hydrogens (tertiary/aromatic N) is 5. The molecule has 1 atom stereocenters. The van der Waals surface area contributed by atoms with Gasteiger partial charge in [-0.15, -0.1) is 6.42 Å². The average Bonchev–Trinajstić information content (AvgIpc) is 3.25. The van der Waals surface area contributed by atoms with Crippen LogP contribution in [0.4, 0.5) is 5.95 Å². The van der Waals surface area contributed by atoms with Crippen molar-refractivity contribution in [2.45, 2.75) is 38.5 Å². The molecule has 0 N–H and O–H groups in total. The third-order valence-corrected chi connectivity index (χ3v) is 5.00. The van der Waals surface area contributed by atoms with E-state index in [4.69, 9.17) is 11.2 Å². The summed E-state index contributed by atoms with van der Waals surface area (Å²) in [4.78, 5) is 32.0. The lowest BCUT2D eigenvalue weighted by Gasteiger charge is -2.30. The summed E-state index contributed by atoms with van der Waals surface area (Å²) in [5, 5.41) is 0. The summed E-state index contributed by atoms with van der Waals surface area (Å²) >= 11 is 0. The van der Waals surface area contributed by atoms with Gasteiger partial charge in [-0.25, -0.2) is 9.36 Å². The van der Waals surface area contributed by atoms with Gasteiger partial charge in [-0.05, 0) is 19.3 Å². The topological polar surface area (TPSA) is 74.3 Å². The van der Waals surface area contributed by atoms with Crippen LogP contribution in [0, 0.1) is 12.3 Å². The van der Waals surface area contributed by atoms with Crippen LogP contribution >= 0.6 is 0 Å². The molecule has 2 aliphatic rings. The highest BCUT2D eigenvalue weighted by Crippen LogP contribution is 2.26. The van der Waals surface area contributed by atoms with Gasteiger partial charge >= 0.3 is 5.69 Å². The van der Waals surface area contributed by atoms with Gasteiger partial charge < -0.3 is 14.2 Å². The molecule has 0 amide bonds. The molecule has 0 aromatic carbocycles. The van der Waals surface area contributed by atoms with Crippen LogP contribution in [-0.2, 0) is 24.9 Å². The number of aromatic nitrogens is 4. The SMILES string of the molecule is C#CCn1c(=O)c2c(nc3n2CCCN3CC2CCCO2)n(C)c1=O. The molecule has 0 bridgehead atoms. The second kappa shape index (κ2) is 6.08. The van der Waals surface area contributed by atoms with Crippen molar-refractivity contribution < 1.29 is 4.74 Å². The number of fused-ring (bicyclic) bond motifs is 3. The highest BCUT2D eigenvalue weighted by Gasteiger charge is 2.28. The predicted octanol–water partition coefficient (Wildman–Crippen LogP) is -0.0810. The molecule has 0 spiro atoms. The normalized spacial score (nSPS) is 20.0. The van der Waals surface area contributed by atoms with Crippen LogP contribution in [0.25, 0.3) is 11.2 Å². The molecule has 4 heterocycles. The van der Waals surface area contributed by atoms with Crippen molar-refractivity contribution in [1.29, 1.82) is 0 Å². The van der Waals surface area contributed by atoms with Crippen molar-refractivity contribution in [3.05, 3.63) is 20.8 Å². The summed E-state index contributed by atoms with van der Waals surface area (Å²) in [7, 11) is 1.63. The Morgan fingerprint density at radius 3 is 2.88 bits per heavy atom. The van der Waals surface area contributed by atoms with E-state index in [1.54, 1.807) is 7.05 Å². The molecule has 8 heteroatoms. The minimum Gasteiger partial charge on any atom is -0.376 e. The van der Waals surface area contributed by atoms with Gasteiger partial charge in [0.15, 0.2) is 11.2 Å². The third kappa shape index (κ3) is 2.46. The zero-order valence-electron chi connectivity index (χ0n) is 14.3. The Morgan fingerprint density at radius 2 is 2.16 bits per heavy atom. The Bertz CT molecular complexity index is 971. The third-order valence-electron chi connectivity index (χ3n) is 5.00. The highest BCUT2D eigenvalue weighted by atomic mass is 16.5. The number of ether oxygens (including phenoxy) is 1. The molecular weight excluding hydrogens is 322 g/mol. The van der Waals surface area contributed by atoms with Crippen LogP contribution in [0.1, 0.15) is 19.3 Å². The highest BCUT2D eigenvalue weighted by molar-refractivity contribution is 5.75. The monoisotopic (exact) mass is 343 g/mol. The first-order valence-corrected chi connectivity index (χ1v) is 8.62. The van der Waals surface area contributed by atoms with E-state index in [1.165, 1.54) is 4.57 Å². The van der Waals surface area contributed by atoms with Crippen molar-refractivity contribution in [3.8, 4) is 12.3 Å². The molecule has 0 saturated carbocycles. The van der Waals surface area contributed by atoms with Crippen molar-refractivity contribution in [3.63, 3.8) is 0 Å². The van der Waals surface area contributed by atoms with Gasteiger partial charge in [0.2, 0.25) is 5.95 Å². The van der Waals surface area contributed by atoms with Gasteiger partial charge in [0.1, 0.15) is 0 Å². The largest absolute Gasteiger partial charge is 0.376 e. The molecular formula is C17H21N5O3. The summed E-state index contributed by atoms with van der Waals surface area (Å²) in [5.74, 6) is 3.12. The van der Waals surface area contributed by atoms with Gasteiger partial charge in [0.05, 0.1) is 12.6 Å². The van der Waals surface area contributed by atoms with Gasteiger partial charge in [-0.2, -0.15) is 4.98 Å². The fourth-order valence-corrected chi connectivity index (χ4v) is 3.77. The van der Waals surface area contributed by atoms with Crippen molar-refractivity contribution >= 4 is 17.1 Å². The molecule has 2 aromatic heterocycles. The summed E-state index contributed by atoms with van der Waals surface area (Å²) in [6.45, 7) is 3.10. The molecule has 1 fully saturated rings. The number of hydrogen-bond acceptors (Lipinski definition) is 5. The standard InChI is InChI=1S/C17H21N5O3/c1-3-7-22-15(23)13-14(19(2)17(22)24)18-16-20(8-5-9-21(13)16)11-12-6-4-10-25-12/h1,12H,4-11H2,2H3. The molecule has 8 nitrogen and oxygen atoms in total. The van der Waals surface area contributed by atoms with Crippen molar-refractivity contribution in [2.24, 2.45) is 7.05 Å². The number of rotatable bonds is 3. The van der Waals surface area contributed by atoms with E-state index in [0.29, 0.717) is 17.7 Å². The Morgan fingerprint density at radius 1 is 1.32 bits per heavy atom. The minimum absolute atomic E-state index is 0.0401. The number of aryl methyl sites for hydroxylation is 2. The molecule has 0 aliphatic carbocycles. The van der Waals surface area contributed by atoms with Crippen molar-refractivity contribution in [2.75, 3.05) is 24.6 Å². The first-order chi connectivity index (χ1) is 12.1. The zero-order chi connectivity index (χ0) is 17.6. The second-order valence-corrected chi connectivity index (χ2v) is 6.61. The van der Waals surface area contributed by atoms with E-state index in [2.05, 4.69) is 15.8 Å². The lowest BCUT2D eigenvalue weighted by atomic mass is 10.2. The first-order valence-electron chi connectivity index (χ1n) is 8.62. The molecule has 132 valence electrons. The van der Waals surface area contributed by atoms with Crippen LogP contribution < -0.4 is 16.1 Å². The van der Waals surface area contributed by atoms with E-state index in [0.717, 1.165) is 49.5 Å². The van der Waals surface area contributed by atoms with E-state index < -0.39 is 5.69 Å². The van der Waals surface area contributed by atoms with Gasteiger partial charge in [-0.1, -0.05) is 5.92 Å². The Balaban J connectivity index is 1.87. The van der Waals surface area contributed by atoms with Crippen molar-refractivity contribution in [1.82, 2.24) is 18.7 Å². The number of terminal acetylenes is 1. The zero-order valence-corrected chi connectivity index (χ0v) is 14.3. The molecule has 25 heavy (non-hydrogen) atoms. The first kappa shape index (κ1) is 16.0. The van der Waals surface area contributed by atoms with Crippen LogP contribution in [0.5, 0.6) is 0 Å². The maximum absolute atomic E-state index is 12.8. The average molecular weight is 343 g/mol. The van der Waals surface area contributed by atoms with Gasteiger partial charge in [0, 0.05) is 33.3 Å². The summed E-state index contributed by atoms with van der Waals surface area (Å²) < 4.78 is 10.2. The molecule has 1 unspecified atom stereocenters. The molecule has 2 aliphatic heterocycles. The lowest BCUT2D eigenvalue weighted by Crippen LogP contribution is -2.40. The molecule has 2 aromatic rings. The fourth-order valence-electron chi connectivity index (χ4n) is 3.77. The fraction of sp³-hybridized carbons (Fsp3) is 0.588. The van der Waals surface area contributed by atoms with Crippen LogP contribution in [0.3, 0.4) is 0 Å². The number of anilines is 1. The van der Waals surface area contributed by atoms with E-state index in [1.807, 2.05) is 4.57 Å². The van der Waals surface area contributed by atoms with Crippen LogP contribution in [0.2, 0.25) is 0 Å². The summed E-state index contributed by atoms with van der Waals surface area (Å²) in [6.07, 6.45) is 8.57. The van der Waals surface area contributed by atoms with Crippen LogP contribution in [-0.4, -0.2) is 44.5 Å². The lowest BCUT2D eigenvalue weighted by molar-refractivity contribution is 0.114. The summed E-state index contributed by atoms with van der Waals surface area (Å²) in [6, 6.07) is 0. The Kier molecular flexibility index (Phi) is 3.88. The molecule has 1 saturated heterocycles. The van der Waals surface area contributed by atoms with Crippen LogP contribution in [0.15, 0.2) is 9.59 Å². The number of imidazole rings is 1.